The van der Waals surface area contributed by atoms with Crippen molar-refractivity contribution in [2.75, 3.05) is 13.2 Å². The fourth-order valence-corrected chi connectivity index (χ4v) is 0.801. The summed E-state index contributed by atoms with van der Waals surface area (Å²) in [4.78, 5) is 11.3. The van der Waals surface area contributed by atoms with Crippen molar-refractivity contribution in [2.45, 2.75) is 33.6 Å². The van der Waals surface area contributed by atoms with Gasteiger partial charge in [0.1, 0.15) is 0 Å². The molecule has 0 unspecified atom stereocenters. The Hall–Kier alpha value is -0.990. The van der Waals surface area contributed by atoms with E-state index in [2.05, 4.69) is 18.8 Å². The maximum Gasteiger partial charge on any atom is 0.285 e. The van der Waals surface area contributed by atoms with Gasteiger partial charge in [0.15, 0.2) is 5.76 Å². The smallest absolute Gasteiger partial charge is 0.285 e. The second-order valence-corrected chi connectivity index (χ2v) is 3.73. The third kappa shape index (κ3) is 6.52. The van der Waals surface area contributed by atoms with Gasteiger partial charge in [-0.25, -0.2) is 0 Å². The average Bonchev–Trinajstić information content (AvgIpc) is 2.14. The van der Waals surface area contributed by atoms with Crippen molar-refractivity contribution >= 4 is 5.91 Å². The minimum Gasteiger partial charge on any atom is -0.488 e. The first kappa shape index (κ1) is 13.0. The lowest BCUT2D eigenvalue weighted by Gasteiger charge is -2.10. The topological polar surface area (TPSA) is 38.3 Å². The Balaban J connectivity index is 3.60. The predicted molar refractivity (Wildman–Crippen MR) is 57.8 cm³/mol. The van der Waals surface area contributed by atoms with Crippen molar-refractivity contribution < 1.29 is 9.53 Å². The van der Waals surface area contributed by atoms with E-state index in [1.165, 1.54) is 0 Å². The summed E-state index contributed by atoms with van der Waals surface area (Å²) < 4.78 is 5.17. The van der Waals surface area contributed by atoms with E-state index in [1.54, 1.807) is 0 Å². The normalized spacial score (nSPS) is 10.0. The largest absolute Gasteiger partial charge is 0.488 e. The molecule has 0 saturated heterocycles. The molecule has 0 spiro atoms. The molecule has 14 heavy (non-hydrogen) atoms. The fraction of sp³-hybridized carbons (Fsp3) is 0.727. The number of carbonyl (C=O) groups is 1. The lowest BCUT2D eigenvalue weighted by Crippen LogP contribution is -2.29. The number of ether oxygens (including phenoxy) is 1. The molecule has 82 valence electrons. The van der Waals surface area contributed by atoms with Crippen LogP contribution in [0.25, 0.3) is 0 Å². The lowest BCUT2D eigenvalue weighted by molar-refractivity contribution is -0.121. The van der Waals surface area contributed by atoms with E-state index < -0.39 is 0 Å². The van der Waals surface area contributed by atoms with Crippen molar-refractivity contribution in [3.8, 4) is 0 Å². The van der Waals surface area contributed by atoms with Crippen LogP contribution in [0.4, 0.5) is 0 Å². The van der Waals surface area contributed by atoms with E-state index in [1.807, 2.05) is 13.8 Å². The summed E-state index contributed by atoms with van der Waals surface area (Å²) in [7, 11) is 0. The molecular formula is C11H21NO2. The predicted octanol–water partition coefficient (Wildman–Crippen LogP) is 2.09. The zero-order valence-electron chi connectivity index (χ0n) is 9.43. The SMILES string of the molecule is C=C(OCCCC)C(=O)NCC(C)C. The molecule has 1 amide bonds. The van der Waals surface area contributed by atoms with Gasteiger partial charge >= 0.3 is 0 Å². The van der Waals surface area contributed by atoms with Crippen LogP contribution in [0.3, 0.4) is 0 Å². The van der Waals surface area contributed by atoms with Crippen LogP contribution in [0.2, 0.25) is 0 Å². The Labute approximate surface area is 86.5 Å². The minimum absolute atomic E-state index is 0.199. The Morgan fingerprint density at radius 1 is 1.50 bits per heavy atom. The molecule has 0 aromatic heterocycles. The van der Waals surface area contributed by atoms with Crippen molar-refractivity contribution in [3.05, 3.63) is 12.3 Å². The van der Waals surface area contributed by atoms with Gasteiger partial charge in [0.05, 0.1) is 6.61 Å². The van der Waals surface area contributed by atoms with Crippen LogP contribution in [0.15, 0.2) is 12.3 Å². The number of nitrogens with one attached hydrogen (secondary N) is 1. The van der Waals surface area contributed by atoms with Gasteiger partial charge in [0.2, 0.25) is 0 Å². The number of unbranched alkanes of at least 4 members (excludes halogenated alkanes) is 1. The molecule has 1 N–H and O–H groups in total. The summed E-state index contributed by atoms with van der Waals surface area (Å²) in [5, 5.41) is 2.75. The molecule has 0 radical (unpaired) electrons. The van der Waals surface area contributed by atoms with Crippen molar-refractivity contribution in [1.29, 1.82) is 0 Å². The molecule has 0 aromatic rings. The number of amides is 1. The molecule has 0 aromatic carbocycles. The summed E-state index contributed by atoms with van der Waals surface area (Å²) in [5.41, 5.74) is 0. The first-order valence-electron chi connectivity index (χ1n) is 5.17. The van der Waals surface area contributed by atoms with Crippen LogP contribution in [-0.2, 0) is 9.53 Å². The quantitative estimate of drug-likeness (QED) is 0.387. The standard InChI is InChI=1S/C11H21NO2/c1-5-6-7-14-10(4)11(13)12-8-9(2)3/h9H,4-8H2,1-3H3,(H,12,13). The van der Waals surface area contributed by atoms with E-state index in [4.69, 9.17) is 4.74 Å². The molecule has 3 heteroatoms. The van der Waals surface area contributed by atoms with Gasteiger partial charge in [-0.1, -0.05) is 33.8 Å². The molecule has 0 aliphatic carbocycles. The molecule has 0 aliphatic rings. The molecule has 0 fully saturated rings. The molecule has 0 bridgehead atoms. The van der Waals surface area contributed by atoms with Crippen molar-refractivity contribution in [2.24, 2.45) is 5.92 Å². The summed E-state index contributed by atoms with van der Waals surface area (Å²) in [5.74, 6) is 0.469. The average molecular weight is 199 g/mol. The molecule has 3 nitrogen and oxygen atoms in total. The fourth-order valence-electron chi connectivity index (χ4n) is 0.801. The van der Waals surface area contributed by atoms with E-state index in [0.29, 0.717) is 19.1 Å². The van der Waals surface area contributed by atoms with Gasteiger partial charge in [-0.05, 0) is 12.3 Å². The first-order chi connectivity index (χ1) is 6.57. The van der Waals surface area contributed by atoms with Gasteiger partial charge in [-0.3, -0.25) is 4.79 Å². The van der Waals surface area contributed by atoms with Crippen LogP contribution >= 0.6 is 0 Å². The third-order valence-corrected chi connectivity index (χ3v) is 1.70. The van der Waals surface area contributed by atoms with Crippen LogP contribution in [0.5, 0.6) is 0 Å². The minimum atomic E-state index is -0.199. The highest BCUT2D eigenvalue weighted by atomic mass is 16.5. The third-order valence-electron chi connectivity index (χ3n) is 1.70. The first-order valence-corrected chi connectivity index (χ1v) is 5.17. The zero-order valence-corrected chi connectivity index (χ0v) is 9.43. The van der Waals surface area contributed by atoms with Crippen LogP contribution in [0.1, 0.15) is 33.6 Å². The van der Waals surface area contributed by atoms with Crippen LogP contribution < -0.4 is 5.32 Å². The Morgan fingerprint density at radius 2 is 2.14 bits per heavy atom. The molecule has 0 aliphatic heterocycles. The Morgan fingerprint density at radius 3 is 2.64 bits per heavy atom. The number of hydrogen-bond donors (Lipinski definition) is 1. The molecule has 0 heterocycles. The van der Waals surface area contributed by atoms with Crippen LogP contribution in [0, 0.1) is 5.92 Å². The number of rotatable bonds is 7. The van der Waals surface area contributed by atoms with E-state index >= 15 is 0 Å². The lowest BCUT2D eigenvalue weighted by atomic mass is 10.2. The highest BCUT2D eigenvalue weighted by Gasteiger charge is 2.07. The summed E-state index contributed by atoms with van der Waals surface area (Å²) in [6.45, 7) is 11.0. The summed E-state index contributed by atoms with van der Waals surface area (Å²) in [6.07, 6.45) is 2.01. The van der Waals surface area contributed by atoms with E-state index in [0.717, 1.165) is 12.8 Å². The molecule has 0 atom stereocenters. The Bertz CT molecular complexity index is 188. The Kier molecular flexibility index (Phi) is 6.89. The summed E-state index contributed by atoms with van der Waals surface area (Å²) in [6, 6.07) is 0. The van der Waals surface area contributed by atoms with Crippen molar-refractivity contribution in [1.82, 2.24) is 5.32 Å². The van der Waals surface area contributed by atoms with Gasteiger partial charge in [-0.15, -0.1) is 0 Å². The maximum atomic E-state index is 11.3. The van der Waals surface area contributed by atoms with Gasteiger partial charge in [-0.2, -0.15) is 0 Å². The second-order valence-electron chi connectivity index (χ2n) is 3.73. The van der Waals surface area contributed by atoms with Gasteiger partial charge < -0.3 is 10.1 Å². The number of carbonyl (C=O) groups excluding carboxylic acids is 1. The van der Waals surface area contributed by atoms with Crippen LogP contribution in [-0.4, -0.2) is 19.1 Å². The zero-order chi connectivity index (χ0) is 11.0. The summed E-state index contributed by atoms with van der Waals surface area (Å²) >= 11 is 0. The number of hydrogen-bond acceptors (Lipinski definition) is 2. The van der Waals surface area contributed by atoms with Gasteiger partial charge in [0, 0.05) is 6.54 Å². The highest BCUT2D eigenvalue weighted by molar-refractivity contribution is 5.90. The molecule has 0 saturated carbocycles. The maximum absolute atomic E-state index is 11.3. The molecule has 0 rings (SSSR count). The monoisotopic (exact) mass is 199 g/mol. The second kappa shape index (κ2) is 7.42. The molecular weight excluding hydrogens is 178 g/mol. The van der Waals surface area contributed by atoms with E-state index in [-0.39, 0.29) is 11.7 Å². The van der Waals surface area contributed by atoms with Gasteiger partial charge in [0.25, 0.3) is 5.91 Å². The highest BCUT2D eigenvalue weighted by Crippen LogP contribution is 1.97. The van der Waals surface area contributed by atoms with Crippen molar-refractivity contribution in [3.63, 3.8) is 0 Å². The van der Waals surface area contributed by atoms with E-state index in [9.17, 15) is 4.79 Å².